The molecule has 1 aromatic rings. The molecular formula is C15H22NO8P. The third-order valence-corrected chi connectivity index (χ3v) is 5.54. The van der Waals surface area contributed by atoms with Crippen molar-refractivity contribution in [1.29, 1.82) is 0 Å². The van der Waals surface area contributed by atoms with Crippen LogP contribution < -0.4 is 10.5 Å². The highest BCUT2D eigenvalue weighted by atomic mass is 31.2. The maximum Gasteiger partial charge on any atom is 0.341 e. The Bertz CT molecular complexity index is 682. The minimum atomic E-state index is -4.11. The molecular weight excluding hydrogens is 353 g/mol. The Labute approximate surface area is 144 Å². The number of carbonyl (C=O) groups is 2. The topological polar surface area (TPSA) is 167 Å². The molecule has 0 aliphatic carbocycles. The fourth-order valence-electron chi connectivity index (χ4n) is 2.30. The molecule has 0 spiro atoms. The van der Waals surface area contributed by atoms with Crippen LogP contribution in [0.3, 0.4) is 0 Å². The third-order valence-electron chi connectivity index (χ3n) is 3.58. The molecule has 0 saturated carbocycles. The number of carboxylic acids is 2. The normalized spacial score (nSPS) is 15.9. The fourth-order valence-corrected chi connectivity index (χ4v) is 3.80. The minimum absolute atomic E-state index is 0.160. The van der Waals surface area contributed by atoms with Gasteiger partial charge in [-0.3, -0.25) is 9.36 Å². The number of ether oxygens (including phenoxy) is 1. The average molecular weight is 375 g/mol. The molecule has 0 amide bonds. The van der Waals surface area contributed by atoms with E-state index < -0.39 is 44.0 Å². The molecule has 0 saturated heterocycles. The first kappa shape index (κ1) is 21.1. The maximum absolute atomic E-state index is 12.3. The summed E-state index contributed by atoms with van der Waals surface area (Å²) >= 11 is 0. The van der Waals surface area contributed by atoms with Crippen molar-refractivity contribution in [2.24, 2.45) is 5.73 Å². The first-order chi connectivity index (χ1) is 11.5. The zero-order valence-corrected chi connectivity index (χ0v) is 14.8. The van der Waals surface area contributed by atoms with Crippen molar-refractivity contribution >= 4 is 19.3 Å². The SMILES string of the molecule is Cc1cc(C(O)P(=O)(O)CC[C@@H](N)C(=O)O)cc(C)c1OCC(=O)O. The van der Waals surface area contributed by atoms with Crippen LogP contribution in [0.1, 0.15) is 29.0 Å². The van der Waals surface area contributed by atoms with E-state index in [1.807, 2.05) is 0 Å². The van der Waals surface area contributed by atoms with Crippen molar-refractivity contribution in [3.8, 4) is 5.75 Å². The summed E-state index contributed by atoms with van der Waals surface area (Å²) in [6, 6.07) is 1.56. The van der Waals surface area contributed by atoms with Gasteiger partial charge in [0.25, 0.3) is 0 Å². The molecule has 0 radical (unpaired) electrons. The summed E-state index contributed by atoms with van der Waals surface area (Å²) in [5, 5.41) is 27.6. The van der Waals surface area contributed by atoms with Crippen molar-refractivity contribution in [3.63, 3.8) is 0 Å². The van der Waals surface area contributed by atoms with Gasteiger partial charge in [0.2, 0.25) is 7.37 Å². The van der Waals surface area contributed by atoms with Crippen LogP contribution in [0.2, 0.25) is 0 Å². The van der Waals surface area contributed by atoms with Crippen LogP contribution >= 0.6 is 7.37 Å². The molecule has 2 unspecified atom stereocenters. The molecule has 0 aliphatic heterocycles. The molecule has 140 valence electrons. The predicted octanol–water partition coefficient (Wildman–Crippen LogP) is 0.830. The molecule has 10 heteroatoms. The third kappa shape index (κ3) is 5.82. The van der Waals surface area contributed by atoms with Gasteiger partial charge in [-0.15, -0.1) is 0 Å². The second-order valence-corrected chi connectivity index (χ2v) is 8.20. The van der Waals surface area contributed by atoms with Crippen molar-refractivity contribution in [3.05, 3.63) is 28.8 Å². The van der Waals surface area contributed by atoms with Gasteiger partial charge in [0, 0.05) is 6.16 Å². The monoisotopic (exact) mass is 375 g/mol. The van der Waals surface area contributed by atoms with Gasteiger partial charge in [-0.25, -0.2) is 4.79 Å². The lowest BCUT2D eigenvalue weighted by molar-refractivity contribution is -0.139. The highest BCUT2D eigenvalue weighted by Gasteiger charge is 2.32. The molecule has 1 rings (SSSR count). The average Bonchev–Trinajstić information content (AvgIpc) is 2.50. The number of hydrogen-bond acceptors (Lipinski definition) is 6. The highest BCUT2D eigenvalue weighted by Crippen LogP contribution is 2.55. The van der Waals surface area contributed by atoms with Gasteiger partial charge in [-0.1, -0.05) is 0 Å². The second kappa shape index (κ2) is 8.44. The van der Waals surface area contributed by atoms with Crippen LogP contribution in [0.5, 0.6) is 5.75 Å². The van der Waals surface area contributed by atoms with Crippen LogP contribution in [0.15, 0.2) is 12.1 Å². The van der Waals surface area contributed by atoms with E-state index in [0.717, 1.165) is 0 Å². The van der Waals surface area contributed by atoms with Crippen LogP contribution in [-0.2, 0) is 14.2 Å². The van der Waals surface area contributed by atoms with Crippen molar-refractivity contribution < 1.29 is 39.1 Å². The number of aliphatic carboxylic acids is 2. The van der Waals surface area contributed by atoms with Gasteiger partial charge in [0.1, 0.15) is 11.8 Å². The number of carboxylic acid groups (broad SMARTS) is 2. The van der Waals surface area contributed by atoms with Gasteiger partial charge in [0.05, 0.1) is 0 Å². The number of benzene rings is 1. The summed E-state index contributed by atoms with van der Waals surface area (Å²) in [5.41, 5.74) is 6.47. The molecule has 3 atom stereocenters. The standard InChI is InChI=1S/C15H22NO8P/c1-8-5-10(6-9(2)13(8)24-7-12(17)18)15(21)25(22,23)4-3-11(16)14(19)20/h5-6,11,15,21H,3-4,7,16H2,1-2H3,(H,17,18)(H,19,20)(H,22,23)/t11-,15?/m1/s1. The Balaban J connectivity index is 2.97. The number of rotatable bonds is 9. The smallest absolute Gasteiger partial charge is 0.341 e. The Hall–Kier alpha value is -1.93. The van der Waals surface area contributed by atoms with Crippen LogP contribution in [0, 0.1) is 13.8 Å². The summed E-state index contributed by atoms with van der Waals surface area (Å²) in [7, 11) is -4.11. The van der Waals surface area contributed by atoms with Gasteiger partial charge in [-0.05, 0) is 49.1 Å². The predicted molar refractivity (Wildman–Crippen MR) is 88.9 cm³/mol. The maximum atomic E-state index is 12.3. The quantitative estimate of drug-likeness (QED) is 0.393. The molecule has 9 nitrogen and oxygen atoms in total. The Morgan fingerprint density at radius 1 is 1.24 bits per heavy atom. The molecule has 25 heavy (non-hydrogen) atoms. The van der Waals surface area contributed by atoms with Crippen LogP contribution in [0.4, 0.5) is 0 Å². The lowest BCUT2D eigenvalue weighted by Crippen LogP contribution is -2.31. The summed E-state index contributed by atoms with van der Waals surface area (Å²) in [6.07, 6.45) is -0.699. The van der Waals surface area contributed by atoms with E-state index in [1.54, 1.807) is 13.8 Å². The van der Waals surface area contributed by atoms with E-state index in [4.69, 9.17) is 20.7 Å². The molecule has 0 heterocycles. The Kier molecular flexibility index (Phi) is 7.13. The summed E-state index contributed by atoms with van der Waals surface area (Å²) in [6.45, 7) is 2.70. The van der Waals surface area contributed by atoms with Gasteiger partial charge < -0.3 is 30.7 Å². The van der Waals surface area contributed by atoms with E-state index in [-0.39, 0.29) is 12.0 Å². The number of hydrogen-bond donors (Lipinski definition) is 5. The Morgan fingerprint density at radius 3 is 2.20 bits per heavy atom. The zero-order chi connectivity index (χ0) is 19.4. The highest BCUT2D eigenvalue weighted by molar-refractivity contribution is 7.58. The summed E-state index contributed by atoms with van der Waals surface area (Å²) in [4.78, 5) is 31.3. The number of nitrogens with two attached hydrogens (primary N) is 1. The molecule has 0 bridgehead atoms. The molecule has 1 aromatic carbocycles. The number of aliphatic hydroxyl groups is 1. The van der Waals surface area contributed by atoms with Crippen molar-refractivity contribution in [1.82, 2.24) is 0 Å². The molecule has 0 aromatic heterocycles. The van der Waals surface area contributed by atoms with E-state index in [9.17, 15) is 24.2 Å². The van der Waals surface area contributed by atoms with E-state index >= 15 is 0 Å². The summed E-state index contributed by atoms with van der Waals surface area (Å²) < 4.78 is 17.5. The number of aryl methyl sites for hydroxylation is 2. The van der Waals surface area contributed by atoms with Crippen molar-refractivity contribution in [2.75, 3.05) is 12.8 Å². The lowest BCUT2D eigenvalue weighted by Gasteiger charge is -2.21. The van der Waals surface area contributed by atoms with Gasteiger partial charge >= 0.3 is 11.9 Å². The van der Waals surface area contributed by atoms with E-state index in [0.29, 0.717) is 16.9 Å². The van der Waals surface area contributed by atoms with Crippen LogP contribution in [-0.4, -0.2) is 51.0 Å². The van der Waals surface area contributed by atoms with Gasteiger partial charge in [-0.2, -0.15) is 0 Å². The Morgan fingerprint density at radius 2 is 1.76 bits per heavy atom. The second-order valence-electron chi connectivity index (χ2n) is 5.75. The van der Waals surface area contributed by atoms with Gasteiger partial charge in [0.15, 0.2) is 12.5 Å². The lowest BCUT2D eigenvalue weighted by atomic mass is 10.1. The molecule has 0 aliphatic rings. The van der Waals surface area contributed by atoms with E-state index in [2.05, 4.69) is 0 Å². The first-order valence-electron chi connectivity index (χ1n) is 7.39. The zero-order valence-electron chi connectivity index (χ0n) is 13.9. The number of aliphatic hydroxyl groups excluding tert-OH is 1. The largest absolute Gasteiger partial charge is 0.481 e. The van der Waals surface area contributed by atoms with Crippen LogP contribution in [0.25, 0.3) is 0 Å². The summed E-state index contributed by atoms with van der Waals surface area (Å²) in [5.74, 6) is -3.82. The fraction of sp³-hybridized carbons (Fsp3) is 0.467. The molecule has 6 N–H and O–H groups in total. The first-order valence-corrected chi connectivity index (χ1v) is 9.30. The molecule has 0 fully saturated rings. The minimum Gasteiger partial charge on any atom is -0.481 e. The van der Waals surface area contributed by atoms with Crippen molar-refractivity contribution in [2.45, 2.75) is 32.2 Å². The van der Waals surface area contributed by atoms with E-state index in [1.165, 1.54) is 12.1 Å².